The van der Waals surface area contributed by atoms with Gasteiger partial charge in [0.1, 0.15) is 5.82 Å². The number of halogens is 1. The smallest absolute Gasteiger partial charge is 0.237 e. The number of benzene rings is 3. The van der Waals surface area contributed by atoms with E-state index < -0.39 is 5.25 Å². The molecule has 0 aliphatic carbocycles. The lowest BCUT2D eigenvalue weighted by Crippen LogP contribution is -2.25. The molecular formula is C25H20FN5OS. The van der Waals surface area contributed by atoms with Gasteiger partial charge in [0.2, 0.25) is 5.91 Å². The van der Waals surface area contributed by atoms with E-state index in [-0.39, 0.29) is 11.7 Å². The lowest BCUT2D eigenvalue weighted by atomic mass is 10.2. The summed E-state index contributed by atoms with van der Waals surface area (Å²) >= 11 is 1.34. The third-order valence-electron chi connectivity index (χ3n) is 5.20. The quantitative estimate of drug-likeness (QED) is 0.266. The van der Waals surface area contributed by atoms with Gasteiger partial charge in [0.15, 0.2) is 16.6 Å². The van der Waals surface area contributed by atoms with Crippen LogP contribution in [0.1, 0.15) is 13.3 Å². The number of nitrogens with zero attached hydrogens (tertiary/aromatic N) is 4. The molecule has 0 saturated carbocycles. The van der Waals surface area contributed by atoms with Crippen molar-refractivity contribution in [2.75, 3.05) is 5.32 Å². The highest BCUT2D eigenvalue weighted by molar-refractivity contribution is 8.00. The molecule has 0 radical (unpaired) electrons. The number of fused-ring (bicyclic) bond motifs is 3. The van der Waals surface area contributed by atoms with Crippen LogP contribution in [0.2, 0.25) is 0 Å². The minimum atomic E-state index is -0.420. The number of carbonyl (C=O) groups is 1. The van der Waals surface area contributed by atoms with E-state index in [1.165, 1.54) is 23.9 Å². The van der Waals surface area contributed by atoms with E-state index in [4.69, 9.17) is 15.1 Å². The minimum absolute atomic E-state index is 0.180. The van der Waals surface area contributed by atoms with Crippen molar-refractivity contribution in [1.82, 2.24) is 19.6 Å². The van der Waals surface area contributed by atoms with Crippen molar-refractivity contribution in [3.05, 3.63) is 84.7 Å². The van der Waals surface area contributed by atoms with Crippen LogP contribution in [0.4, 0.5) is 10.1 Å². The molecule has 1 atom stereocenters. The van der Waals surface area contributed by atoms with Crippen LogP contribution in [-0.4, -0.2) is 30.7 Å². The number of hydrogen-bond acceptors (Lipinski definition) is 5. The Bertz CT molecular complexity index is 1440. The van der Waals surface area contributed by atoms with Crippen molar-refractivity contribution < 1.29 is 9.18 Å². The van der Waals surface area contributed by atoms with Crippen molar-refractivity contribution in [3.63, 3.8) is 0 Å². The molecule has 3 aromatic carbocycles. The highest BCUT2D eigenvalue weighted by atomic mass is 32.2. The van der Waals surface area contributed by atoms with Gasteiger partial charge in [0.25, 0.3) is 0 Å². The number of carbonyl (C=O) groups excluding carboxylic acids is 1. The molecule has 0 bridgehead atoms. The first-order chi connectivity index (χ1) is 16.1. The summed E-state index contributed by atoms with van der Waals surface area (Å²) in [5.74, 6) is 0.0672. The van der Waals surface area contributed by atoms with E-state index in [0.29, 0.717) is 28.7 Å². The van der Waals surface area contributed by atoms with E-state index in [2.05, 4.69) is 5.32 Å². The molecule has 1 amide bonds. The third-order valence-corrected chi connectivity index (χ3v) is 6.51. The molecule has 164 valence electrons. The predicted molar refractivity (Wildman–Crippen MR) is 129 cm³/mol. The van der Waals surface area contributed by atoms with Crippen LogP contribution in [0.3, 0.4) is 0 Å². The number of thioether (sulfide) groups is 1. The normalized spacial score (nSPS) is 12.2. The molecular weight excluding hydrogens is 437 g/mol. The van der Waals surface area contributed by atoms with Gasteiger partial charge in [-0.05, 0) is 42.8 Å². The Hall–Kier alpha value is -3.78. The van der Waals surface area contributed by atoms with E-state index >= 15 is 0 Å². The Labute approximate surface area is 193 Å². The summed E-state index contributed by atoms with van der Waals surface area (Å²) in [4.78, 5) is 22.5. The first kappa shape index (κ1) is 21.1. The van der Waals surface area contributed by atoms with Gasteiger partial charge >= 0.3 is 0 Å². The Balaban J connectivity index is 1.53. The van der Waals surface area contributed by atoms with Gasteiger partial charge in [-0.2, -0.15) is 4.52 Å². The molecule has 2 aromatic heterocycles. The SMILES string of the molecule is CCC(Sc1nc2ccccc2c2nc(-c3ccccc3)nn12)C(=O)Nc1ccc(F)cc1. The van der Waals surface area contributed by atoms with Gasteiger partial charge in [-0.25, -0.2) is 14.4 Å². The Morgan fingerprint density at radius 3 is 2.48 bits per heavy atom. The van der Waals surface area contributed by atoms with Crippen LogP contribution >= 0.6 is 11.8 Å². The fourth-order valence-corrected chi connectivity index (χ4v) is 4.49. The maximum atomic E-state index is 13.2. The summed E-state index contributed by atoms with van der Waals surface area (Å²) in [6, 6.07) is 23.2. The van der Waals surface area contributed by atoms with Crippen LogP contribution in [-0.2, 0) is 4.79 Å². The molecule has 0 aliphatic rings. The number of amides is 1. The molecule has 5 rings (SSSR count). The molecule has 0 aliphatic heterocycles. The highest BCUT2D eigenvalue weighted by Crippen LogP contribution is 2.30. The highest BCUT2D eigenvalue weighted by Gasteiger charge is 2.23. The Morgan fingerprint density at radius 1 is 1.00 bits per heavy atom. The monoisotopic (exact) mass is 457 g/mol. The standard InChI is InChI=1S/C25H20FN5OS/c1-2-21(24(32)27-18-14-12-17(26)13-15-18)33-25-28-20-11-7-6-10-19(20)23-29-22(30-31(23)25)16-8-4-3-5-9-16/h3-15,21H,2H2,1H3,(H,27,32). The number of anilines is 1. The molecule has 1 unspecified atom stereocenters. The first-order valence-corrected chi connectivity index (χ1v) is 11.4. The van der Waals surface area contributed by atoms with E-state index in [9.17, 15) is 9.18 Å². The Morgan fingerprint density at radius 2 is 1.73 bits per heavy atom. The molecule has 6 nitrogen and oxygen atoms in total. The van der Waals surface area contributed by atoms with Crippen molar-refractivity contribution in [1.29, 1.82) is 0 Å². The van der Waals surface area contributed by atoms with Crippen molar-refractivity contribution in [2.24, 2.45) is 0 Å². The average molecular weight is 458 g/mol. The van der Waals surface area contributed by atoms with Crippen LogP contribution in [0.15, 0.2) is 84.0 Å². The van der Waals surface area contributed by atoms with E-state index in [1.807, 2.05) is 61.5 Å². The van der Waals surface area contributed by atoms with Gasteiger partial charge in [0, 0.05) is 16.6 Å². The molecule has 0 spiro atoms. The number of nitrogens with one attached hydrogen (secondary N) is 1. The summed E-state index contributed by atoms with van der Waals surface area (Å²) < 4.78 is 14.9. The summed E-state index contributed by atoms with van der Waals surface area (Å²) in [5.41, 5.74) is 2.93. The zero-order valence-electron chi connectivity index (χ0n) is 17.8. The molecule has 2 heterocycles. The zero-order valence-corrected chi connectivity index (χ0v) is 18.6. The summed E-state index contributed by atoms with van der Waals surface area (Å²) in [5, 5.41) is 8.63. The number of aromatic nitrogens is 4. The second-order valence-corrected chi connectivity index (χ2v) is 8.63. The fourth-order valence-electron chi connectivity index (χ4n) is 3.52. The lowest BCUT2D eigenvalue weighted by molar-refractivity contribution is -0.115. The molecule has 5 aromatic rings. The van der Waals surface area contributed by atoms with Crippen molar-refractivity contribution in [3.8, 4) is 11.4 Å². The molecule has 0 saturated heterocycles. The molecule has 1 N–H and O–H groups in total. The third kappa shape index (κ3) is 4.29. The zero-order chi connectivity index (χ0) is 22.8. The molecule has 0 fully saturated rings. The fraction of sp³-hybridized carbons (Fsp3) is 0.120. The average Bonchev–Trinajstić information content (AvgIpc) is 3.30. The van der Waals surface area contributed by atoms with Gasteiger partial charge in [-0.1, -0.05) is 61.2 Å². The van der Waals surface area contributed by atoms with Crippen LogP contribution in [0.5, 0.6) is 0 Å². The van der Waals surface area contributed by atoms with Crippen LogP contribution in [0.25, 0.3) is 27.9 Å². The number of rotatable bonds is 6. The number of hydrogen-bond donors (Lipinski definition) is 1. The summed E-state index contributed by atoms with van der Waals surface area (Å²) in [6.45, 7) is 1.94. The van der Waals surface area contributed by atoms with Gasteiger partial charge in [-0.15, -0.1) is 5.10 Å². The predicted octanol–water partition coefficient (Wildman–Crippen LogP) is 5.59. The van der Waals surface area contributed by atoms with Gasteiger partial charge in [-0.3, -0.25) is 4.79 Å². The maximum Gasteiger partial charge on any atom is 0.237 e. The Kier molecular flexibility index (Phi) is 5.75. The van der Waals surface area contributed by atoms with E-state index in [0.717, 1.165) is 16.5 Å². The van der Waals surface area contributed by atoms with E-state index in [1.54, 1.807) is 16.6 Å². The van der Waals surface area contributed by atoms with Crippen LogP contribution < -0.4 is 5.32 Å². The lowest BCUT2D eigenvalue weighted by Gasteiger charge is -2.15. The second kappa shape index (κ2) is 8.99. The van der Waals surface area contributed by atoms with Gasteiger partial charge in [0.05, 0.1) is 10.8 Å². The van der Waals surface area contributed by atoms with Crippen molar-refractivity contribution in [2.45, 2.75) is 23.8 Å². The summed E-state index contributed by atoms with van der Waals surface area (Å²) in [7, 11) is 0. The minimum Gasteiger partial charge on any atom is -0.325 e. The molecule has 33 heavy (non-hydrogen) atoms. The van der Waals surface area contributed by atoms with Gasteiger partial charge < -0.3 is 5.32 Å². The largest absolute Gasteiger partial charge is 0.325 e. The second-order valence-electron chi connectivity index (χ2n) is 7.46. The first-order valence-electron chi connectivity index (χ1n) is 10.6. The van der Waals surface area contributed by atoms with Crippen LogP contribution in [0, 0.1) is 5.82 Å². The van der Waals surface area contributed by atoms with Crippen molar-refractivity contribution >= 4 is 39.9 Å². The summed E-state index contributed by atoms with van der Waals surface area (Å²) in [6.07, 6.45) is 0.577. The molecule has 8 heteroatoms. The maximum absolute atomic E-state index is 13.2. The number of para-hydroxylation sites is 1. The topological polar surface area (TPSA) is 72.2 Å².